The number of alkyl halides is 3. The maximum absolute atomic E-state index is 14.5. The van der Waals surface area contributed by atoms with Crippen molar-refractivity contribution in [2.45, 2.75) is 44.4 Å². The normalized spacial score (nSPS) is 17.7. The first-order valence-corrected chi connectivity index (χ1v) is 13.0. The van der Waals surface area contributed by atoms with Crippen LogP contribution in [0, 0.1) is 17.6 Å². The van der Waals surface area contributed by atoms with Gasteiger partial charge in [0.05, 0.1) is 18.2 Å². The van der Waals surface area contributed by atoms with Crippen molar-refractivity contribution in [2.75, 3.05) is 32.1 Å². The minimum atomic E-state index is -4.81. The zero-order chi connectivity index (χ0) is 31.1. The minimum Gasteiger partial charge on any atom is -0.494 e. The van der Waals surface area contributed by atoms with E-state index >= 15 is 0 Å². The van der Waals surface area contributed by atoms with E-state index in [1.807, 2.05) is 0 Å². The van der Waals surface area contributed by atoms with Gasteiger partial charge in [-0.25, -0.2) is 13.6 Å². The van der Waals surface area contributed by atoms with E-state index in [1.54, 1.807) is 13.8 Å². The summed E-state index contributed by atoms with van der Waals surface area (Å²) in [5, 5.41) is 2.35. The number of hydrogen-bond donors (Lipinski definition) is 1. The second-order valence-electron chi connectivity index (χ2n) is 10.5. The van der Waals surface area contributed by atoms with Crippen LogP contribution in [0.25, 0.3) is 0 Å². The molecular formula is C28H29F5N4O5. The van der Waals surface area contributed by atoms with Crippen LogP contribution in [0.5, 0.6) is 5.75 Å². The van der Waals surface area contributed by atoms with E-state index in [1.165, 1.54) is 36.1 Å². The number of halogens is 5. The van der Waals surface area contributed by atoms with Crippen molar-refractivity contribution < 1.29 is 45.9 Å². The quantitative estimate of drug-likeness (QED) is 0.398. The Hall–Kier alpha value is -4.23. The first kappa shape index (κ1) is 30.7. The maximum Gasteiger partial charge on any atom is 0.416 e. The molecule has 1 N–H and O–H groups in total. The van der Waals surface area contributed by atoms with E-state index in [9.17, 15) is 41.1 Å². The highest BCUT2D eigenvalue weighted by molar-refractivity contribution is 6.16. The highest BCUT2D eigenvalue weighted by atomic mass is 19.4. The average molecular weight is 597 g/mol. The third kappa shape index (κ3) is 5.37. The summed E-state index contributed by atoms with van der Waals surface area (Å²) in [6.07, 6.45) is -4.83. The first-order chi connectivity index (χ1) is 19.6. The molecule has 0 bridgehead atoms. The predicted molar refractivity (Wildman–Crippen MR) is 140 cm³/mol. The highest BCUT2D eigenvalue weighted by Gasteiger charge is 2.58. The number of carbonyl (C=O) groups is 4. The predicted octanol–water partition coefficient (Wildman–Crippen LogP) is 4.21. The van der Waals surface area contributed by atoms with Gasteiger partial charge in [-0.2, -0.15) is 13.2 Å². The molecule has 0 radical (unpaired) electrons. The van der Waals surface area contributed by atoms with Gasteiger partial charge in [0, 0.05) is 31.9 Å². The molecule has 0 aliphatic carbocycles. The van der Waals surface area contributed by atoms with E-state index < -0.39 is 70.2 Å². The number of amides is 5. The van der Waals surface area contributed by atoms with Crippen molar-refractivity contribution in [3.63, 3.8) is 0 Å². The second kappa shape index (κ2) is 11.2. The fourth-order valence-corrected chi connectivity index (χ4v) is 5.32. The molecule has 9 nitrogen and oxygen atoms in total. The molecule has 1 atom stereocenters. The van der Waals surface area contributed by atoms with Gasteiger partial charge in [-0.05, 0) is 49.1 Å². The summed E-state index contributed by atoms with van der Waals surface area (Å²) in [6.45, 7) is 3.14. The van der Waals surface area contributed by atoms with E-state index in [2.05, 4.69) is 5.32 Å². The van der Waals surface area contributed by atoms with Crippen LogP contribution in [0.1, 0.15) is 42.6 Å². The Labute approximate surface area is 238 Å². The Kier molecular flexibility index (Phi) is 8.20. The number of rotatable bonds is 6. The molecule has 0 saturated carbocycles. The molecule has 2 fully saturated rings. The summed E-state index contributed by atoms with van der Waals surface area (Å²) < 4.78 is 73.1. The summed E-state index contributed by atoms with van der Waals surface area (Å²) in [7, 11) is 2.59. The number of methoxy groups -OCH3 is 1. The van der Waals surface area contributed by atoms with E-state index in [-0.39, 0.29) is 37.4 Å². The topological polar surface area (TPSA) is 99.3 Å². The number of urea groups is 1. The molecule has 2 aliphatic rings. The smallest absolute Gasteiger partial charge is 0.416 e. The number of benzene rings is 2. The molecule has 2 saturated heterocycles. The molecule has 1 unspecified atom stereocenters. The van der Waals surface area contributed by atoms with Crippen LogP contribution in [0.15, 0.2) is 36.4 Å². The van der Waals surface area contributed by atoms with E-state index in [4.69, 9.17) is 4.74 Å². The fourth-order valence-electron chi connectivity index (χ4n) is 5.32. The molecule has 2 aromatic rings. The SMILES string of the molecule is COc1ccc(N2C(=O)N(C)C(=O)C23CCN(C(=O)C(NC(=O)c2cc(C(F)(F)F)ccc2F)C(C)C)CC3)cc1F. The van der Waals surface area contributed by atoms with Gasteiger partial charge in [0.2, 0.25) is 5.91 Å². The van der Waals surface area contributed by atoms with Gasteiger partial charge < -0.3 is 15.0 Å². The van der Waals surface area contributed by atoms with Crippen molar-refractivity contribution in [1.82, 2.24) is 15.1 Å². The monoisotopic (exact) mass is 596 g/mol. The zero-order valence-electron chi connectivity index (χ0n) is 23.2. The number of anilines is 1. The number of nitrogens with zero attached hydrogens (tertiary/aromatic N) is 3. The molecule has 2 aromatic carbocycles. The van der Waals surface area contributed by atoms with Gasteiger partial charge >= 0.3 is 12.2 Å². The van der Waals surface area contributed by atoms with Crippen LogP contribution < -0.4 is 15.0 Å². The lowest BCUT2D eigenvalue weighted by Crippen LogP contribution is -2.60. The van der Waals surface area contributed by atoms with Crippen LogP contribution in [-0.2, 0) is 15.8 Å². The summed E-state index contributed by atoms with van der Waals surface area (Å²) in [5.41, 5.74) is -3.35. The Morgan fingerprint density at radius 2 is 1.64 bits per heavy atom. The second-order valence-corrected chi connectivity index (χ2v) is 10.5. The third-order valence-corrected chi connectivity index (χ3v) is 7.66. The van der Waals surface area contributed by atoms with Gasteiger partial charge in [0.1, 0.15) is 17.4 Å². The van der Waals surface area contributed by atoms with E-state index in [0.29, 0.717) is 18.2 Å². The molecule has 226 valence electrons. The van der Waals surface area contributed by atoms with Gasteiger partial charge in [0.15, 0.2) is 11.6 Å². The van der Waals surface area contributed by atoms with Crippen molar-refractivity contribution in [1.29, 1.82) is 0 Å². The van der Waals surface area contributed by atoms with Crippen molar-refractivity contribution >= 4 is 29.4 Å². The van der Waals surface area contributed by atoms with Gasteiger partial charge in [-0.1, -0.05) is 13.8 Å². The summed E-state index contributed by atoms with van der Waals surface area (Å²) in [6, 6.07) is 3.39. The molecule has 14 heteroatoms. The minimum absolute atomic E-state index is 0.0116. The fraction of sp³-hybridized carbons (Fsp3) is 0.429. The number of piperidine rings is 1. The van der Waals surface area contributed by atoms with Crippen molar-refractivity contribution in [3.8, 4) is 5.75 Å². The highest BCUT2D eigenvalue weighted by Crippen LogP contribution is 2.41. The van der Waals surface area contributed by atoms with Crippen molar-refractivity contribution in [3.05, 3.63) is 59.2 Å². The summed E-state index contributed by atoms with van der Waals surface area (Å²) in [5.74, 6) is -4.81. The lowest BCUT2D eigenvalue weighted by atomic mass is 9.85. The molecule has 5 amide bonds. The Morgan fingerprint density at radius 1 is 1.00 bits per heavy atom. The van der Waals surface area contributed by atoms with Crippen LogP contribution >= 0.6 is 0 Å². The third-order valence-electron chi connectivity index (χ3n) is 7.66. The van der Waals surface area contributed by atoms with E-state index in [0.717, 1.165) is 11.0 Å². The van der Waals surface area contributed by atoms with Gasteiger partial charge in [0.25, 0.3) is 11.8 Å². The number of nitrogens with one attached hydrogen (secondary N) is 1. The number of imide groups is 1. The van der Waals surface area contributed by atoms with Gasteiger partial charge in [-0.15, -0.1) is 0 Å². The molecule has 0 aromatic heterocycles. The first-order valence-electron chi connectivity index (χ1n) is 13.0. The molecule has 1 spiro atoms. The lowest BCUT2D eigenvalue weighted by molar-refractivity contribution is -0.139. The maximum atomic E-state index is 14.5. The van der Waals surface area contributed by atoms with Gasteiger partial charge in [-0.3, -0.25) is 24.2 Å². The largest absolute Gasteiger partial charge is 0.494 e. The molecule has 42 heavy (non-hydrogen) atoms. The molecule has 2 aliphatic heterocycles. The van der Waals surface area contributed by atoms with Crippen LogP contribution in [0.4, 0.5) is 32.4 Å². The Morgan fingerprint density at radius 3 is 2.19 bits per heavy atom. The van der Waals surface area contributed by atoms with Crippen LogP contribution in [-0.4, -0.2) is 72.4 Å². The Balaban J connectivity index is 1.54. The lowest BCUT2D eigenvalue weighted by Gasteiger charge is -2.43. The molecule has 2 heterocycles. The number of carbonyl (C=O) groups excluding carboxylic acids is 4. The number of likely N-dealkylation sites (tertiary alicyclic amines) is 1. The standard InChI is InChI=1S/C28H29F5N4O5/c1-15(2)22(34-23(38)18-13-16(28(31,32)33)5-7-19(18)29)24(39)36-11-9-27(10-12-36)25(40)35(3)26(41)37(27)17-6-8-21(42-4)20(30)14-17/h5-8,13-15,22H,9-12H2,1-4H3,(H,34,38). The molecular weight excluding hydrogens is 567 g/mol. The van der Waals surface area contributed by atoms with Crippen LogP contribution in [0.2, 0.25) is 0 Å². The summed E-state index contributed by atoms with van der Waals surface area (Å²) in [4.78, 5) is 56.2. The number of hydrogen-bond acceptors (Lipinski definition) is 5. The summed E-state index contributed by atoms with van der Waals surface area (Å²) >= 11 is 0. The zero-order valence-corrected chi connectivity index (χ0v) is 23.2. The number of likely N-dealkylation sites (N-methyl/N-ethyl adjacent to an activating group) is 1. The Bertz CT molecular complexity index is 1420. The van der Waals surface area contributed by atoms with Crippen LogP contribution in [0.3, 0.4) is 0 Å². The average Bonchev–Trinajstić information content (AvgIpc) is 3.11. The number of ether oxygens (including phenoxy) is 1. The van der Waals surface area contributed by atoms with Crippen molar-refractivity contribution in [2.24, 2.45) is 5.92 Å². The molecule has 4 rings (SSSR count).